The topological polar surface area (TPSA) is 58.9 Å². The number of carbonyl (C=O) groups is 1. The van der Waals surface area contributed by atoms with Gasteiger partial charge < -0.3 is 9.84 Å². The van der Waals surface area contributed by atoms with Gasteiger partial charge in [-0.3, -0.25) is 4.99 Å². The average Bonchev–Trinajstić information content (AvgIpc) is 2.12. The highest BCUT2D eigenvalue weighted by atomic mass is 16.5. The van der Waals surface area contributed by atoms with Crippen LogP contribution in [-0.2, 0) is 9.53 Å². The normalized spacial score (nSPS) is 12.1. The number of aliphatic hydroxyl groups is 1. The summed E-state index contributed by atoms with van der Waals surface area (Å²) >= 11 is 0. The SMILES string of the molecule is C#CCN=C/C(C(=O)OCC)=C(/C)O. The van der Waals surface area contributed by atoms with Gasteiger partial charge in [0.15, 0.2) is 0 Å². The summed E-state index contributed by atoms with van der Waals surface area (Å²) in [5, 5.41) is 9.14. The van der Waals surface area contributed by atoms with Gasteiger partial charge >= 0.3 is 5.97 Å². The fourth-order valence-corrected chi connectivity index (χ4v) is 0.692. The first kappa shape index (κ1) is 12.2. The molecule has 0 heterocycles. The number of rotatable bonds is 4. The molecule has 0 bridgehead atoms. The number of nitrogens with zero attached hydrogens (tertiary/aromatic N) is 1. The highest BCUT2D eigenvalue weighted by Gasteiger charge is 2.11. The summed E-state index contributed by atoms with van der Waals surface area (Å²) in [6.45, 7) is 3.48. The molecule has 4 heteroatoms. The summed E-state index contributed by atoms with van der Waals surface area (Å²) in [6.07, 6.45) is 6.18. The fraction of sp³-hybridized carbons (Fsp3) is 0.400. The van der Waals surface area contributed by atoms with Gasteiger partial charge in [-0.15, -0.1) is 6.42 Å². The van der Waals surface area contributed by atoms with E-state index in [0.717, 1.165) is 0 Å². The molecule has 0 radical (unpaired) electrons. The lowest BCUT2D eigenvalue weighted by Gasteiger charge is -2.02. The molecule has 0 fully saturated rings. The van der Waals surface area contributed by atoms with Crippen molar-refractivity contribution in [2.24, 2.45) is 4.99 Å². The lowest BCUT2D eigenvalue weighted by molar-refractivity contribution is -0.138. The molecule has 76 valence electrons. The molecule has 1 N–H and O–H groups in total. The van der Waals surface area contributed by atoms with Crippen molar-refractivity contribution >= 4 is 12.2 Å². The summed E-state index contributed by atoms with van der Waals surface area (Å²) < 4.78 is 4.70. The monoisotopic (exact) mass is 195 g/mol. The van der Waals surface area contributed by atoms with Crippen LogP contribution in [0.4, 0.5) is 0 Å². The van der Waals surface area contributed by atoms with Crippen LogP contribution in [0.5, 0.6) is 0 Å². The summed E-state index contributed by atoms with van der Waals surface area (Å²) in [5.41, 5.74) is 0.0297. The molecule has 0 saturated carbocycles. The van der Waals surface area contributed by atoms with Gasteiger partial charge in [-0.05, 0) is 13.8 Å². The molecule has 0 saturated heterocycles. The number of aliphatic imine (C=N–C) groups is 1. The van der Waals surface area contributed by atoms with E-state index in [1.54, 1.807) is 6.92 Å². The number of ether oxygens (including phenoxy) is 1. The van der Waals surface area contributed by atoms with Crippen molar-refractivity contribution in [3.8, 4) is 12.3 Å². The average molecular weight is 195 g/mol. The molecule has 0 amide bonds. The summed E-state index contributed by atoms with van der Waals surface area (Å²) in [7, 11) is 0. The highest BCUT2D eigenvalue weighted by Crippen LogP contribution is 2.01. The van der Waals surface area contributed by atoms with Gasteiger partial charge in [-0.2, -0.15) is 0 Å². The molecular weight excluding hydrogens is 182 g/mol. The van der Waals surface area contributed by atoms with Gasteiger partial charge in [0.1, 0.15) is 11.3 Å². The lowest BCUT2D eigenvalue weighted by Crippen LogP contribution is -2.10. The second kappa shape index (κ2) is 6.72. The Morgan fingerprint density at radius 1 is 1.71 bits per heavy atom. The van der Waals surface area contributed by atoms with Crippen LogP contribution in [0.2, 0.25) is 0 Å². The number of aliphatic hydroxyl groups excluding tert-OH is 1. The maximum absolute atomic E-state index is 11.2. The minimum absolute atomic E-state index is 0.0297. The van der Waals surface area contributed by atoms with Crippen LogP contribution in [-0.4, -0.2) is 30.4 Å². The third-order valence-electron chi connectivity index (χ3n) is 1.29. The van der Waals surface area contributed by atoms with E-state index in [0.29, 0.717) is 0 Å². The van der Waals surface area contributed by atoms with Gasteiger partial charge in [0.05, 0.1) is 13.2 Å². The maximum Gasteiger partial charge on any atom is 0.343 e. The Balaban J connectivity index is 4.57. The van der Waals surface area contributed by atoms with E-state index in [4.69, 9.17) is 16.3 Å². The molecule has 0 aromatic heterocycles. The molecular formula is C10H13NO3. The first-order valence-electron chi connectivity index (χ1n) is 4.13. The van der Waals surface area contributed by atoms with Crippen LogP contribution in [0.15, 0.2) is 16.3 Å². The van der Waals surface area contributed by atoms with Crippen LogP contribution < -0.4 is 0 Å². The van der Waals surface area contributed by atoms with Crippen molar-refractivity contribution in [3.05, 3.63) is 11.3 Å². The molecule has 0 spiro atoms. The molecule has 14 heavy (non-hydrogen) atoms. The molecule has 0 aromatic carbocycles. The Hall–Kier alpha value is -1.76. The molecule has 0 aliphatic heterocycles. The molecule has 0 aromatic rings. The van der Waals surface area contributed by atoms with Crippen molar-refractivity contribution in [2.45, 2.75) is 13.8 Å². The van der Waals surface area contributed by atoms with Crippen LogP contribution >= 0.6 is 0 Å². The zero-order valence-electron chi connectivity index (χ0n) is 8.28. The highest BCUT2D eigenvalue weighted by molar-refractivity contribution is 6.09. The van der Waals surface area contributed by atoms with E-state index in [-0.39, 0.29) is 24.5 Å². The number of allylic oxidation sites excluding steroid dienone is 1. The molecule has 4 nitrogen and oxygen atoms in total. The molecule has 0 atom stereocenters. The van der Waals surface area contributed by atoms with Gasteiger partial charge in [0, 0.05) is 6.21 Å². The standard InChI is InChI=1S/C10H13NO3/c1-4-6-11-7-9(8(3)12)10(13)14-5-2/h1,7,12H,5-6H2,2-3H3/b9-8+,11-7?. The maximum atomic E-state index is 11.2. The van der Waals surface area contributed by atoms with Crippen molar-refractivity contribution in [2.75, 3.05) is 13.2 Å². The van der Waals surface area contributed by atoms with Crippen LogP contribution in [0, 0.1) is 12.3 Å². The number of hydrogen-bond donors (Lipinski definition) is 1. The zero-order chi connectivity index (χ0) is 11.0. The van der Waals surface area contributed by atoms with E-state index in [1.807, 2.05) is 0 Å². The van der Waals surface area contributed by atoms with Crippen molar-refractivity contribution in [3.63, 3.8) is 0 Å². The number of terminal acetylenes is 1. The molecule has 0 rings (SSSR count). The molecule has 0 aliphatic rings. The first-order chi connectivity index (χ1) is 6.63. The summed E-state index contributed by atoms with van der Waals surface area (Å²) in [4.78, 5) is 14.9. The van der Waals surface area contributed by atoms with E-state index < -0.39 is 5.97 Å². The van der Waals surface area contributed by atoms with Gasteiger partial charge in [0.25, 0.3) is 0 Å². The van der Waals surface area contributed by atoms with Crippen molar-refractivity contribution in [1.29, 1.82) is 0 Å². The Kier molecular flexibility index (Phi) is 5.88. The second-order valence-corrected chi connectivity index (χ2v) is 2.39. The Labute approximate surface area is 83.3 Å². The second-order valence-electron chi connectivity index (χ2n) is 2.39. The van der Waals surface area contributed by atoms with Crippen molar-refractivity contribution in [1.82, 2.24) is 0 Å². The van der Waals surface area contributed by atoms with Gasteiger partial charge in [-0.1, -0.05) is 5.92 Å². The first-order valence-corrected chi connectivity index (χ1v) is 4.13. The van der Waals surface area contributed by atoms with Gasteiger partial charge in [0.2, 0.25) is 0 Å². The Morgan fingerprint density at radius 2 is 2.36 bits per heavy atom. The minimum atomic E-state index is -0.603. The van der Waals surface area contributed by atoms with E-state index in [1.165, 1.54) is 13.1 Å². The quantitative estimate of drug-likeness (QED) is 0.240. The fourth-order valence-electron chi connectivity index (χ4n) is 0.692. The number of carbonyl (C=O) groups excluding carboxylic acids is 1. The largest absolute Gasteiger partial charge is 0.512 e. The van der Waals surface area contributed by atoms with Crippen LogP contribution in [0.25, 0.3) is 0 Å². The van der Waals surface area contributed by atoms with E-state index in [2.05, 4.69) is 10.9 Å². The van der Waals surface area contributed by atoms with E-state index in [9.17, 15) is 4.79 Å². The smallest absolute Gasteiger partial charge is 0.343 e. The molecule has 0 unspecified atom stereocenters. The summed E-state index contributed by atoms with van der Waals surface area (Å²) in [6, 6.07) is 0. The summed E-state index contributed by atoms with van der Waals surface area (Å²) in [5.74, 6) is 1.54. The van der Waals surface area contributed by atoms with E-state index >= 15 is 0 Å². The Bertz CT molecular complexity index is 293. The minimum Gasteiger partial charge on any atom is -0.512 e. The Morgan fingerprint density at radius 3 is 2.79 bits per heavy atom. The van der Waals surface area contributed by atoms with Crippen LogP contribution in [0.3, 0.4) is 0 Å². The van der Waals surface area contributed by atoms with Crippen LogP contribution in [0.1, 0.15) is 13.8 Å². The van der Waals surface area contributed by atoms with Crippen molar-refractivity contribution < 1.29 is 14.6 Å². The van der Waals surface area contributed by atoms with Gasteiger partial charge in [-0.25, -0.2) is 4.79 Å². The predicted octanol–water partition coefficient (Wildman–Crippen LogP) is 1.09. The molecule has 0 aliphatic carbocycles. The number of esters is 1. The zero-order valence-corrected chi connectivity index (χ0v) is 8.28. The lowest BCUT2D eigenvalue weighted by atomic mass is 10.2. The third kappa shape index (κ3) is 4.31. The predicted molar refractivity (Wildman–Crippen MR) is 54.2 cm³/mol. The number of hydrogen-bond acceptors (Lipinski definition) is 4. The third-order valence-corrected chi connectivity index (χ3v) is 1.29.